The van der Waals surface area contributed by atoms with Gasteiger partial charge in [0.25, 0.3) is 5.91 Å². The number of aromatic amines is 1. The van der Waals surface area contributed by atoms with Gasteiger partial charge in [-0.05, 0) is 65.8 Å². The van der Waals surface area contributed by atoms with E-state index < -0.39 is 0 Å². The van der Waals surface area contributed by atoms with Gasteiger partial charge in [-0.1, -0.05) is 57.0 Å². The Labute approximate surface area is 198 Å². The van der Waals surface area contributed by atoms with E-state index in [2.05, 4.69) is 54.3 Å². The number of nitrogens with one attached hydrogen (secondary N) is 2. The van der Waals surface area contributed by atoms with Crippen molar-refractivity contribution in [2.75, 3.05) is 5.32 Å². The van der Waals surface area contributed by atoms with Crippen LogP contribution < -0.4 is 5.32 Å². The van der Waals surface area contributed by atoms with Crippen LogP contribution in [0.1, 0.15) is 67.3 Å². The van der Waals surface area contributed by atoms with E-state index in [0.29, 0.717) is 16.4 Å². The van der Waals surface area contributed by atoms with Crippen LogP contribution >= 0.6 is 11.6 Å². The molecule has 0 radical (unpaired) electrons. The van der Waals surface area contributed by atoms with Gasteiger partial charge < -0.3 is 10.3 Å². The van der Waals surface area contributed by atoms with Crippen LogP contribution in [-0.2, 0) is 10.8 Å². The van der Waals surface area contributed by atoms with Crippen LogP contribution in [0.25, 0.3) is 11.0 Å². The molecule has 33 heavy (non-hydrogen) atoms. The number of imidazole rings is 1. The summed E-state index contributed by atoms with van der Waals surface area (Å²) in [5, 5.41) is 3.38. The topological polar surface area (TPSA) is 70.7 Å². The molecule has 5 nitrogen and oxygen atoms in total. The highest BCUT2D eigenvalue weighted by atomic mass is 35.5. The normalized spacial score (nSPS) is 15.3. The summed E-state index contributed by atoms with van der Waals surface area (Å²) in [4.78, 5) is 25.6. The standard InChI is InChI=1S/C27H27ClN4O/c1-26(2,3)18-8-10-21-22(15-18)31-25(30-21)27(12-5-13-27)19-9-11-23(29-16-19)32-24(33)17-6-4-7-20(28)14-17/h4,6-11,14-16H,5,12-13H2,1-3H3,(H,30,31)(H,29,32,33). The number of carbonyl (C=O) groups is 1. The molecule has 0 unspecified atom stereocenters. The van der Waals surface area contributed by atoms with Gasteiger partial charge in [0.15, 0.2) is 0 Å². The van der Waals surface area contributed by atoms with Crippen molar-refractivity contribution in [3.8, 4) is 0 Å². The van der Waals surface area contributed by atoms with Crippen LogP contribution in [-0.4, -0.2) is 20.9 Å². The Balaban J connectivity index is 1.41. The fraction of sp³-hybridized carbons (Fsp3) is 0.296. The van der Waals surface area contributed by atoms with E-state index in [4.69, 9.17) is 16.6 Å². The number of fused-ring (bicyclic) bond motifs is 1. The maximum absolute atomic E-state index is 12.5. The van der Waals surface area contributed by atoms with E-state index in [1.807, 2.05) is 18.3 Å². The summed E-state index contributed by atoms with van der Waals surface area (Å²) in [5.41, 5.74) is 4.89. The molecule has 2 N–H and O–H groups in total. The van der Waals surface area contributed by atoms with Crippen molar-refractivity contribution in [3.63, 3.8) is 0 Å². The third kappa shape index (κ3) is 4.02. The summed E-state index contributed by atoms with van der Waals surface area (Å²) in [6.07, 6.45) is 5.06. The Bertz CT molecular complexity index is 1330. The van der Waals surface area contributed by atoms with Crippen molar-refractivity contribution < 1.29 is 4.79 Å². The highest BCUT2D eigenvalue weighted by Gasteiger charge is 2.43. The zero-order chi connectivity index (χ0) is 23.2. The molecule has 2 heterocycles. The summed E-state index contributed by atoms with van der Waals surface area (Å²) >= 11 is 6.00. The van der Waals surface area contributed by atoms with Crippen molar-refractivity contribution in [3.05, 3.63) is 88.3 Å². The SMILES string of the molecule is CC(C)(C)c1ccc2nc(C3(c4ccc(NC(=O)c5cccc(Cl)c5)nc4)CCC3)[nH]c2c1. The van der Waals surface area contributed by atoms with Crippen molar-refractivity contribution >= 4 is 34.4 Å². The number of benzene rings is 2. The molecule has 168 valence electrons. The van der Waals surface area contributed by atoms with Crippen molar-refractivity contribution in [1.82, 2.24) is 15.0 Å². The molecule has 0 spiro atoms. The van der Waals surface area contributed by atoms with Crippen LogP contribution in [0, 0.1) is 0 Å². The van der Waals surface area contributed by atoms with E-state index in [9.17, 15) is 4.79 Å². The number of H-pyrrole nitrogens is 1. The molecule has 2 aromatic heterocycles. The van der Waals surface area contributed by atoms with E-state index in [1.54, 1.807) is 24.3 Å². The number of aromatic nitrogens is 3. The average molecular weight is 459 g/mol. The first-order valence-electron chi connectivity index (χ1n) is 11.3. The summed E-state index contributed by atoms with van der Waals surface area (Å²) in [6.45, 7) is 6.66. The molecule has 1 aliphatic carbocycles. The zero-order valence-corrected chi connectivity index (χ0v) is 19.8. The Morgan fingerprint density at radius 3 is 2.55 bits per heavy atom. The second kappa shape index (κ2) is 7.99. The van der Waals surface area contributed by atoms with E-state index in [1.165, 1.54) is 5.56 Å². The number of pyridine rings is 1. The lowest BCUT2D eigenvalue weighted by Crippen LogP contribution is -2.36. The lowest BCUT2D eigenvalue weighted by atomic mass is 9.64. The first-order chi connectivity index (χ1) is 15.7. The van der Waals surface area contributed by atoms with Crippen molar-refractivity contribution in [2.24, 2.45) is 0 Å². The number of hydrogen-bond acceptors (Lipinski definition) is 3. The first-order valence-corrected chi connectivity index (χ1v) is 11.7. The quantitative estimate of drug-likeness (QED) is 0.360. The van der Waals surface area contributed by atoms with Gasteiger partial charge in [-0.25, -0.2) is 9.97 Å². The lowest BCUT2D eigenvalue weighted by Gasteiger charge is -2.40. The van der Waals surface area contributed by atoms with Gasteiger partial charge in [0.05, 0.1) is 16.4 Å². The van der Waals surface area contributed by atoms with Gasteiger partial charge in [0.2, 0.25) is 0 Å². The van der Waals surface area contributed by atoms with E-state index in [-0.39, 0.29) is 16.7 Å². The van der Waals surface area contributed by atoms with Crippen molar-refractivity contribution in [2.45, 2.75) is 50.9 Å². The van der Waals surface area contributed by atoms with Gasteiger partial charge in [0, 0.05) is 16.8 Å². The van der Waals surface area contributed by atoms with Gasteiger partial charge in [0.1, 0.15) is 11.6 Å². The van der Waals surface area contributed by atoms with Gasteiger partial charge in [-0.2, -0.15) is 0 Å². The summed E-state index contributed by atoms with van der Waals surface area (Å²) in [7, 11) is 0. The second-order valence-corrected chi connectivity index (χ2v) is 10.3. The third-order valence-electron chi connectivity index (χ3n) is 6.65. The number of rotatable bonds is 4. The molecule has 0 aliphatic heterocycles. The molecule has 0 atom stereocenters. The Hall–Kier alpha value is -3.18. The summed E-state index contributed by atoms with van der Waals surface area (Å²) in [6, 6.07) is 17.3. The van der Waals surface area contributed by atoms with Crippen LogP contribution in [0.15, 0.2) is 60.8 Å². The fourth-order valence-corrected chi connectivity index (χ4v) is 4.65. The predicted octanol–water partition coefficient (Wildman–Crippen LogP) is 6.63. The highest BCUT2D eigenvalue weighted by molar-refractivity contribution is 6.31. The van der Waals surface area contributed by atoms with Crippen LogP contribution in [0.3, 0.4) is 0 Å². The van der Waals surface area contributed by atoms with Gasteiger partial charge in [-0.15, -0.1) is 0 Å². The number of hydrogen-bond donors (Lipinski definition) is 2. The van der Waals surface area contributed by atoms with E-state index >= 15 is 0 Å². The molecule has 0 saturated heterocycles. The molecular formula is C27H27ClN4O. The highest BCUT2D eigenvalue weighted by Crippen LogP contribution is 2.48. The maximum atomic E-state index is 12.5. The first kappa shape index (κ1) is 21.7. The molecular weight excluding hydrogens is 432 g/mol. The number of halogens is 1. The molecule has 6 heteroatoms. The lowest BCUT2D eigenvalue weighted by molar-refractivity contribution is 0.102. The summed E-state index contributed by atoms with van der Waals surface area (Å²) < 4.78 is 0. The minimum atomic E-state index is -0.233. The maximum Gasteiger partial charge on any atom is 0.256 e. The number of carbonyl (C=O) groups excluding carboxylic acids is 1. The molecule has 1 fully saturated rings. The monoisotopic (exact) mass is 458 g/mol. The number of nitrogens with zero attached hydrogens (tertiary/aromatic N) is 2. The Morgan fingerprint density at radius 2 is 1.91 bits per heavy atom. The molecule has 1 amide bonds. The Morgan fingerprint density at radius 1 is 1.09 bits per heavy atom. The van der Waals surface area contributed by atoms with E-state index in [0.717, 1.165) is 41.7 Å². The molecule has 0 bridgehead atoms. The third-order valence-corrected chi connectivity index (χ3v) is 6.89. The zero-order valence-electron chi connectivity index (χ0n) is 19.1. The number of amides is 1. The van der Waals surface area contributed by atoms with Gasteiger partial charge >= 0.3 is 0 Å². The minimum Gasteiger partial charge on any atom is -0.341 e. The molecule has 2 aromatic carbocycles. The fourth-order valence-electron chi connectivity index (χ4n) is 4.46. The largest absolute Gasteiger partial charge is 0.341 e. The van der Waals surface area contributed by atoms with Crippen molar-refractivity contribution in [1.29, 1.82) is 0 Å². The molecule has 4 aromatic rings. The van der Waals surface area contributed by atoms with Crippen LogP contribution in [0.5, 0.6) is 0 Å². The second-order valence-electron chi connectivity index (χ2n) is 9.90. The van der Waals surface area contributed by atoms with Gasteiger partial charge in [-0.3, -0.25) is 4.79 Å². The average Bonchev–Trinajstić information content (AvgIpc) is 3.17. The summed E-state index contributed by atoms with van der Waals surface area (Å²) in [5.74, 6) is 1.27. The minimum absolute atomic E-state index is 0.0862. The van der Waals surface area contributed by atoms with Crippen LogP contribution in [0.4, 0.5) is 5.82 Å². The predicted molar refractivity (Wildman–Crippen MR) is 133 cm³/mol. The molecule has 1 saturated carbocycles. The van der Waals surface area contributed by atoms with Crippen LogP contribution in [0.2, 0.25) is 5.02 Å². The molecule has 1 aliphatic rings. The Kier molecular flexibility index (Phi) is 5.25. The molecule has 5 rings (SSSR count). The smallest absolute Gasteiger partial charge is 0.256 e. The number of anilines is 1.